The highest BCUT2D eigenvalue weighted by Crippen LogP contribution is 2.28. The van der Waals surface area contributed by atoms with Gasteiger partial charge in [-0.05, 0) is 73.6 Å². The smallest absolute Gasteiger partial charge is 0.170 e. The number of hydrogen-bond donors (Lipinski definition) is 2. The SMILES string of the molecule is Cc1ccc(NC(=S)NC(C)CC(C)(C)c2ccccc2)cc1C. The average molecular weight is 341 g/mol. The van der Waals surface area contributed by atoms with Gasteiger partial charge < -0.3 is 10.6 Å². The summed E-state index contributed by atoms with van der Waals surface area (Å²) in [4.78, 5) is 0. The summed E-state index contributed by atoms with van der Waals surface area (Å²) in [7, 11) is 0. The Morgan fingerprint density at radius 1 is 1.04 bits per heavy atom. The lowest BCUT2D eigenvalue weighted by Gasteiger charge is -2.29. The molecule has 0 amide bonds. The molecule has 2 nitrogen and oxygen atoms in total. The highest BCUT2D eigenvalue weighted by atomic mass is 32.1. The second-order valence-corrected chi connectivity index (χ2v) is 7.66. The van der Waals surface area contributed by atoms with Crippen LogP contribution in [0.1, 0.15) is 43.9 Å². The molecule has 0 bridgehead atoms. The summed E-state index contributed by atoms with van der Waals surface area (Å²) in [6, 6.07) is 17.2. The minimum absolute atomic E-state index is 0.101. The van der Waals surface area contributed by atoms with E-state index in [4.69, 9.17) is 12.2 Å². The number of aryl methyl sites for hydroxylation is 2. The number of nitrogens with one attached hydrogen (secondary N) is 2. The monoisotopic (exact) mass is 340 g/mol. The Morgan fingerprint density at radius 3 is 2.33 bits per heavy atom. The predicted molar refractivity (Wildman–Crippen MR) is 109 cm³/mol. The first-order valence-electron chi connectivity index (χ1n) is 8.48. The second kappa shape index (κ2) is 7.80. The summed E-state index contributed by atoms with van der Waals surface area (Å²) in [5, 5.41) is 7.37. The molecule has 2 aromatic carbocycles. The van der Waals surface area contributed by atoms with Crippen LogP contribution in [-0.4, -0.2) is 11.2 Å². The molecule has 1 atom stereocenters. The molecular weight excluding hydrogens is 312 g/mol. The van der Waals surface area contributed by atoms with Crippen molar-refractivity contribution in [2.24, 2.45) is 0 Å². The molecule has 2 N–H and O–H groups in total. The highest BCUT2D eigenvalue weighted by molar-refractivity contribution is 7.80. The second-order valence-electron chi connectivity index (χ2n) is 7.25. The molecule has 0 aliphatic heterocycles. The van der Waals surface area contributed by atoms with Crippen LogP contribution in [0.2, 0.25) is 0 Å². The Balaban J connectivity index is 1.92. The molecule has 0 aliphatic carbocycles. The van der Waals surface area contributed by atoms with E-state index in [1.165, 1.54) is 16.7 Å². The Hall–Kier alpha value is -1.87. The zero-order valence-corrected chi connectivity index (χ0v) is 16.1. The number of anilines is 1. The van der Waals surface area contributed by atoms with Crippen molar-refractivity contribution in [3.05, 3.63) is 65.2 Å². The van der Waals surface area contributed by atoms with E-state index < -0.39 is 0 Å². The maximum absolute atomic E-state index is 5.47. The van der Waals surface area contributed by atoms with Gasteiger partial charge in [-0.3, -0.25) is 0 Å². The Kier molecular flexibility index (Phi) is 6.00. The average Bonchev–Trinajstić information content (AvgIpc) is 2.51. The van der Waals surface area contributed by atoms with Crippen LogP contribution in [0.4, 0.5) is 5.69 Å². The van der Waals surface area contributed by atoms with Crippen molar-refractivity contribution in [3.63, 3.8) is 0 Å². The van der Waals surface area contributed by atoms with Crippen LogP contribution in [0.5, 0.6) is 0 Å². The van der Waals surface area contributed by atoms with E-state index in [9.17, 15) is 0 Å². The van der Waals surface area contributed by atoms with Crippen molar-refractivity contribution in [2.75, 3.05) is 5.32 Å². The summed E-state index contributed by atoms with van der Waals surface area (Å²) < 4.78 is 0. The fraction of sp³-hybridized carbons (Fsp3) is 0.381. The lowest BCUT2D eigenvalue weighted by Crippen LogP contribution is -2.39. The van der Waals surface area contributed by atoms with Crippen molar-refractivity contribution >= 4 is 23.0 Å². The summed E-state index contributed by atoms with van der Waals surface area (Å²) >= 11 is 5.47. The molecule has 0 saturated heterocycles. The molecule has 1 unspecified atom stereocenters. The van der Waals surface area contributed by atoms with E-state index in [-0.39, 0.29) is 11.5 Å². The Morgan fingerprint density at radius 2 is 1.71 bits per heavy atom. The van der Waals surface area contributed by atoms with E-state index >= 15 is 0 Å². The topological polar surface area (TPSA) is 24.1 Å². The van der Waals surface area contributed by atoms with Crippen molar-refractivity contribution in [3.8, 4) is 0 Å². The number of hydrogen-bond acceptors (Lipinski definition) is 1. The molecule has 0 fully saturated rings. The molecule has 0 aliphatic rings. The normalized spacial score (nSPS) is 12.5. The van der Waals surface area contributed by atoms with Crippen LogP contribution in [0.3, 0.4) is 0 Å². The fourth-order valence-corrected chi connectivity index (χ4v) is 3.35. The summed E-state index contributed by atoms with van der Waals surface area (Å²) in [5.74, 6) is 0. The third-order valence-electron chi connectivity index (χ3n) is 4.51. The molecule has 2 aromatic rings. The van der Waals surface area contributed by atoms with Gasteiger partial charge in [0.25, 0.3) is 0 Å². The quantitative estimate of drug-likeness (QED) is 0.718. The maximum atomic E-state index is 5.47. The standard InChI is InChI=1S/C21H28N2S/c1-15-11-12-19(13-16(15)2)23-20(24)22-17(3)14-21(4,5)18-9-7-6-8-10-18/h6-13,17H,14H2,1-5H3,(H2,22,23,24). The third-order valence-corrected chi connectivity index (χ3v) is 4.73. The van der Waals surface area contributed by atoms with Crippen LogP contribution >= 0.6 is 12.2 Å². The molecular formula is C21H28N2S. The zero-order chi connectivity index (χ0) is 17.7. The van der Waals surface area contributed by atoms with E-state index in [2.05, 4.69) is 93.8 Å². The minimum atomic E-state index is 0.101. The van der Waals surface area contributed by atoms with Crippen LogP contribution < -0.4 is 10.6 Å². The molecule has 0 saturated carbocycles. The van der Waals surface area contributed by atoms with Gasteiger partial charge >= 0.3 is 0 Å². The summed E-state index contributed by atoms with van der Waals surface area (Å²) in [5.41, 5.74) is 5.04. The molecule has 24 heavy (non-hydrogen) atoms. The number of benzene rings is 2. The van der Waals surface area contributed by atoms with Gasteiger partial charge in [-0.25, -0.2) is 0 Å². The molecule has 128 valence electrons. The van der Waals surface area contributed by atoms with Crippen molar-refractivity contribution in [1.29, 1.82) is 0 Å². The third kappa shape index (κ3) is 5.07. The van der Waals surface area contributed by atoms with Crippen LogP contribution in [0, 0.1) is 13.8 Å². The van der Waals surface area contributed by atoms with E-state index in [1.54, 1.807) is 0 Å². The van der Waals surface area contributed by atoms with Gasteiger partial charge in [0.05, 0.1) is 0 Å². The number of thiocarbonyl (C=S) groups is 1. The van der Waals surface area contributed by atoms with Gasteiger partial charge in [-0.2, -0.15) is 0 Å². The highest BCUT2D eigenvalue weighted by Gasteiger charge is 2.23. The van der Waals surface area contributed by atoms with Crippen LogP contribution in [-0.2, 0) is 5.41 Å². The summed E-state index contributed by atoms with van der Waals surface area (Å²) in [6.45, 7) is 11.0. The number of rotatable bonds is 5. The lowest BCUT2D eigenvalue weighted by molar-refractivity contribution is 0.420. The Bertz CT molecular complexity index is 692. The van der Waals surface area contributed by atoms with E-state index in [0.717, 1.165) is 12.1 Å². The first-order chi connectivity index (χ1) is 11.3. The van der Waals surface area contributed by atoms with Gasteiger partial charge in [0.2, 0.25) is 0 Å². The van der Waals surface area contributed by atoms with Gasteiger partial charge in [-0.1, -0.05) is 50.2 Å². The first-order valence-corrected chi connectivity index (χ1v) is 8.89. The Labute approximate surface area is 151 Å². The predicted octanol–water partition coefficient (Wildman–Crippen LogP) is 5.35. The lowest BCUT2D eigenvalue weighted by atomic mass is 9.79. The van der Waals surface area contributed by atoms with E-state index in [1.807, 2.05) is 0 Å². The van der Waals surface area contributed by atoms with Gasteiger partial charge in [0.1, 0.15) is 0 Å². The first kappa shape index (κ1) is 18.5. The zero-order valence-electron chi connectivity index (χ0n) is 15.3. The minimum Gasteiger partial charge on any atom is -0.360 e. The van der Waals surface area contributed by atoms with Crippen molar-refractivity contribution < 1.29 is 0 Å². The van der Waals surface area contributed by atoms with Crippen molar-refractivity contribution in [2.45, 2.75) is 52.5 Å². The molecule has 2 rings (SSSR count). The molecule has 3 heteroatoms. The van der Waals surface area contributed by atoms with Crippen LogP contribution in [0.15, 0.2) is 48.5 Å². The molecule has 0 radical (unpaired) electrons. The maximum Gasteiger partial charge on any atom is 0.170 e. The molecule has 0 heterocycles. The van der Waals surface area contributed by atoms with Gasteiger partial charge in [0.15, 0.2) is 5.11 Å². The van der Waals surface area contributed by atoms with E-state index in [0.29, 0.717) is 5.11 Å². The van der Waals surface area contributed by atoms with Crippen LogP contribution in [0.25, 0.3) is 0 Å². The van der Waals surface area contributed by atoms with Gasteiger partial charge in [-0.15, -0.1) is 0 Å². The molecule has 0 aromatic heterocycles. The fourth-order valence-electron chi connectivity index (χ4n) is 3.03. The summed E-state index contributed by atoms with van der Waals surface area (Å²) in [6.07, 6.45) is 1.01. The molecule has 0 spiro atoms. The largest absolute Gasteiger partial charge is 0.360 e. The van der Waals surface area contributed by atoms with Crippen molar-refractivity contribution in [1.82, 2.24) is 5.32 Å². The van der Waals surface area contributed by atoms with Gasteiger partial charge in [0, 0.05) is 11.7 Å².